The molecule has 6 heteroatoms. The summed E-state index contributed by atoms with van der Waals surface area (Å²) in [5.41, 5.74) is 0.691. The number of aryl methyl sites for hydroxylation is 1. The molecule has 19 heavy (non-hydrogen) atoms. The van der Waals surface area contributed by atoms with Gasteiger partial charge < -0.3 is 10.0 Å². The van der Waals surface area contributed by atoms with Gasteiger partial charge in [-0.25, -0.2) is 4.79 Å². The third-order valence-electron chi connectivity index (χ3n) is 2.67. The molecule has 0 radical (unpaired) electrons. The minimum atomic E-state index is -4.39. The number of carboxylic acids is 1. The Labute approximate surface area is 109 Å². The molecule has 0 aliphatic heterocycles. The highest BCUT2D eigenvalue weighted by molar-refractivity contribution is 5.94. The molecule has 106 valence electrons. The third kappa shape index (κ3) is 4.15. The first-order chi connectivity index (χ1) is 8.61. The molecule has 3 nitrogen and oxygen atoms in total. The molecule has 0 bridgehead atoms. The van der Waals surface area contributed by atoms with Gasteiger partial charge in [0.15, 0.2) is 0 Å². The first-order valence-electron chi connectivity index (χ1n) is 5.79. The lowest BCUT2D eigenvalue weighted by molar-refractivity contribution is -0.120. The van der Waals surface area contributed by atoms with Crippen LogP contribution >= 0.6 is 0 Å². The van der Waals surface area contributed by atoms with Crippen LogP contribution in [0.4, 0.5) is 18.9 Å². The van der Waals surface area contributed by atoms with Gasteiger partial charge in [0, 0.05) is 6.04 Å². The molecule has 1 N–H and O–H groups in total. The lowest BCUT2D eigenvalue weighted by Crippen LogP contribution is -2.40. The summed E-state index contributed by atoms with van der Waals surface area (Å²) in [4.78, 5) is 12.2. The van der Waals surface area contributed by atoms with E-state index in [1.54, 1.807) is 26.8 Å². The van der Waals surface area contributed by atoms with E-state index in [4.69, 9.17) is 5.11 Å². The second-order valence-corrected chi connectivity index (χ2v) is 4.66. The monoisotopic (exact) mass is 275 g/mol. The predicted octanol–water partition coefficient (Wildman–Crippen LogP) is 3.47. The van der Waals surface area contributed by atoms with E-state index in [9.17, 15) is 18.0 Å². The zero-order chi connectivity index (χ0) is 14.8. The van der Waals surface area contributed by atoms with Crippen molar-refractivity contribution in [2.45, 2.75) is 33.0 Å². The Morgan fingerprint density at radius 3 is 2.37 bits per heavy atom. The van der Waals surface area contributed by atoms with Gasteiger partial charge in [-0.2, -0.15) is 13.2 Å². The molecular formula is C13H16F3NO2. The van der Waals surface area contributed by atoms with Crippen molar-refractivity contribution in [3.63, 3.8) is 0 Å². The number of alkyl halides is 3. The zero-order valence-corrected chi connectivity index (χ0v) is 11.0. The van der Waals surface area contributed by atoms with Crippen molar-refractivity contribution < 1.29 is 23.1 Å². The van der Waals surface area contributed by atoms with Crippen LogP contribution < -0.4 is 4.90 Å². The Morgan fingerprint density at radius 2 is 1.95 bits per heavy atom. The van der Waals surface area contributed by atoms with Crippen molar-refractivity contribution in [1.82, 2.24) is 0 Å². The van der Waals surface area contributed by atoms with Crippen molar-refractivity contribution >= 4 is 11.7 Å². The second kappa shape index (κ2) is 5.50. The second-order valence-electron chi connectivity index (χ2n) is 4.66. The number of carboxylic acid groups (broad SMARTS) is 1. The molecule has 0 heterocycles. The molecule has 0 amide bonds. The Kier molecular flexibility index (Phi) is 4.44. The van der Waals surface area contributed by atoms with E-state index in [1.807, 2.05) is 0 Å². The number of hydrogen-bond acceptors (Lipinski definition) is 2. The van der Waals surface area contributed by atoms with Gasteiger partial charge in [0.25, 0.3) is 0 Å². The molecule has 1 aromatic carbocycles. The molecule has 0 aliphatic rings. The van der Waals surface area contributed by atoms with E-state index in [2.05, 4.69) is 0 Å². The highest BCUT2D eigenvalue weighted by atomic mass is 19.4. The molecule has 0 saturated heterocycles. The lowest BCUT2D eigenvalue weighted by Gasteiger charge is -2.31. The number of hydrogen-bond donors (Lipinski definition) is 1. The minimum Gasteiger partial charge on any atom is -0.478 e. The van der Waals surface area contributed by atoms with Crippen LogP contribution in [0, 0.1) is 6.92 Å². The molecule has 0 atom stereocenters. The van der Waals surface area contributed by atoms with Gasteiger partial charge in [0.1, 0.15) is 6.54 Å². The number of nitrogens with zero attached hydrogens (tertiary/aromatic N) is 1. The maximum absolute atomic E-state index is 12.6. The fourth-order valence-electron chi connectivity index (χ4n) is 1.80. The maximum atomic E-state index is 12.6. The molecule has 0 aromatic heterocycles. The Hall–Kier alpha value is -1.72. The van der Waals surface area contributed by atoms with Gasteiger partial charge in [-0.05, 0) is 38.5 Å². The van der Waals surface area contributed by atoms with Crippen LogP contribution in [0.25, 0.3) is 0 Å². The molecule has 1 aromatic rings. The number of rotatable bonds is 4. The summed E-state index contributed by atoms with van der Waals surface area (Å²) in [6.45, 7) is 3.73. The number of benzene rings is 1. The SMILES string of the molecule is Cc1ccc(C(=O)O)c(N(CC(F)(F)F)C(C)C)c1. The van der Waals surface area contributed by atoms with Crippen LogP contribution in [0.3, 0.4) is 0 Å². The van der Waals surface area contributed by atoms with Gasteiger partial charge in [-0.3, -0.25) is 0 Å². The summed E-state index contributed by atoms with van der Waals surface area (Å²) < 4.78 is 37.8. The summed E-state index contributed by atoms with van der Waals surface area (Å²) in [5.74, 6) is -1.23. The Balaban J connectivity index is 3.29. The first-order valence-corrected chi connectivity index (χ1v) is 5.79. The van der Waals surface area contributed by atoms with Gasteiger partial charge in [0.05, 0.1) is 11.3 Å². The average Bonchev–Trinajstić information content (AvgIpc) is 2.23. The number of aromatic carboxylic acids is 1. The smallest absolute Gasteiger partial charge is 0.405 e. The maximum Gasteiger partial charge on any atom is 0.405 e. The van der Waals surface area contributed by atoms with Crippen LogP contribution in [-0.4, -0.2) is 29.8 Å². The molecule has 0 unspecified atom stereocenters. The van der Waals surface area contributed by atoms with Crippen LogP contribution in [0.2, 0.25) is 0 Å². The highest BCUT2D eigenvalue weighted by Gasteiger charge is 2.33. The Morgan fingerprint density at radius 1 is 1.37 bits per heavy atom. The standard InChI is InChI=1S/C13H16F3NO2/c1-8(2)17(7-13(14,15)16)11-6-9(3)4-5-10(11)12(18)19/h4-6,8H,7H2,1-3H3,(H,18,19). The summed E-state index contributed by atoms with van der Waals surface area (Å²) in [5, 5.41) is 9.08. The van der Waals surface area contributed by atoms with Gasteiger partial charge in [-0.15, -0.1) is 0 Å². The number of carbonyl (C=O) groups is 1. The lowest BCUT2D eigenvalue weighted by atomic mass is 10.1. The third-order valence-corrected chi connectivity index (χ3v) is 2.67. The van der Waals surface area contributed by atoms with E-state index >= 15 is 0 Å². The molecule has 0 fully saturated rings. The van der Waals surface area contributed by atoms with E-state index < -0.39 is 24.7 Å². The summed E-state index contributed by atoms with van der Waals surface area (Å²) in [6.07, 6.45) is -4.39. The van der Waals surface area contributed by atoms with E-state index in [0.29, 0.717) is 5.56 Å². The predicted molar refractivity (Wildman–Crippen MR) is 66.7 cm³/mol. The molecule has 1 rings (SSSR count). The summed E-state index contributed by atoms with van der Waals surface area (Å²) in [7, 11) is 0. The minimum absolute atomic E-state index is 0.0971. The van der Waals surface area contributed by atoms with Gasteiger partial charge >= 0.3 is 12.1 Å². The zero-order valence-electron chi connectivity index (χ0n) is 11.0. The molecular weight excluding hydrogens is 259 g/mol. The summed E-state index contributed by atoms with van der Waals surface area (Å²) >= 11 is 0. The molecule has 0 saturated carbocycles. The van der Waals surface area contributed by atoms with Crippen LogP contribution in [0.15, 0.2) is 18.2 Å². The van der Waals surface area contributed by atoms with Crippen molar-refractivity contribution in [2.75, 3.05) is 11.4 Å². The topological polar surface area (TPSA) is 40.5 Å². The van der Waals surface area contributed by atoms with Crippen molar-refractivity contribution in [3.05, 3.63) is 29.3 Å². The number of anilines is 1. The van der Waals surface area contributed by atoms with Gasteiger partial charge in [0.2, 0.25) is 0 Å². The normalized spacial score (nSPS) is 11.7. The Bertz CT molecular complexity index is 469. The molecule has 0 aliphatic carbocycles. The highest BCUT2D eigenvalue weighted by Crippen LogP contribution is 2.28. The fourth-order valence-corrected chi connectivity index (χ4v) is 1.80. The first kappa shape index (κ1) is 15.3. The largest absolute Gasteiger partial charge is 0.478 e. The van der Waals surface area contributed by atoms with Crippen LogP contribution in [0.1, 0.15) is 29.8 Å². The van der Waals surface area contributed by atoms with E-state index in [-0.39, 0.29) is 11.3 Å². The summed E-state index contributed by atoms with van der Waals surface area (Å²) in [6, 6.07) is 3.91. The van der Waals surface area contributed by atoms with Crippen molar-refractivity contribution in [1.29, 1.82) is 0 Å². The van der Waals surface area contributed by atoms with Crippen LogP contribution in [0.5, 0.6) is 0 Å². The number of halogens is 3. The van der Waals surface area contributed by atoms with E-state index in [1.165, 1.54) is 12.1 Å². The van der Waals surface area contributed by atoms with Gasteiger partial charge in [-0.1, -0.05) is 6.07 Å². The van der Waals surface area contributed by atoms with Crippen molar-refractivity contribution in [2.24, 2.45) is 0 Å². The molecule has 0 spiro atoms. The van der Waals surface area contributed by atoms with E-state index in [0.717, 1.165) is 4.90 Å². The fraction of sp³-hybridized carbons (Fsp3) is 0.462. The van der Waals surface area contributed by atoms with Crippen molar-refractivity contribution in [3.8, 4) is 0 Å². The average molecular weight is 275 g/mol. The quantitative estimate of drug-likeness (QED) is 0.914. The van der Waals surface area contributed by atoms with Crippen LogP contribution in [-0.2, 0) is 0 Å².